The topological polar surface area (TPSA) is 61.0 Å². The molecule has 2 rings (SSSR count). The Balaban J connectivity index is 2.10. The number of halogens is 1. The highest BCUT2D eigenvalue weighted by Gasteiger charge is 2.05. The second kappa shape index (κ2) is 5.01. The maximum atomic E-state index is 5.75. The number of rotatable bonds is 3. The number of anilines is 1. The molecule has 0 saturated carbocycles. The van der Waals surface area contributed by atoms with E-state index < -0.39 is 0 Å². The molecule has 0 bridgehead atoms. The summed E-state index contributed by atoms with van der Waals surface area (Å²) in [4.78, 5) is 8.20. The number of aryl methyl sites for hydroxylation is 1. The summed E-state index contributed by atoms with van der Waals surface area (Å²) in [6, 6.07) is 5.43. The van der Waals surface area contributed by atoms with Gasteiger partial charge in [0.2, 0.25) is 5.88 Å². The molecule has 2 heterocycles. The number of nitrogens with two attached hydrogens (primary N) is 1. The fraction of sp³-hybridized carbons (Fsp3) is 0.167. The van der Waals surface area contributed by atoms with Crippen molar-refractivity contribution in [3.05, 3.63) is 46.9 Å². The largest absolute Gasteiger partial charge is 0.471 e. The Morgan fingerprint density at radius 3 is 2.94 bits per heavy atom. The first kappa shape index (κ1) is 11.7. The minimum Gasteiger partial charge on any atom is -0.471 e. The maximum absolute atomic E-state index is 5.75. The number of nitrogens with zero attached hydrogens (tertiary/aromatic N) is 2. The summed E-state index contributed by atoms with van der Waals surface area (Å²) in [5, 5.41) is 0.493. The van der Waals surface area contributed by atoms with Crippen molar-refractivity contribution < 1.29 is 4.74 Å². The van der Waals surface area contributed by atoms with Crippen LogP contribution in [0, 0.1) is 6.92 Å². The number of ether oxygens (including phenoxy) is 1. The van der Waals surface area contributed by atoms with Crippen LogP contribution in [0.1, 0.15) is 11.3 Å². The van der Waals surface area contributed by atoms with Crippen LogP contribution in [0.3, 0.4) is 0 Å². The van der Waals surface area contributed by atoms with Gasteiger partial charge in [0, 0.05) is 23.7 Å². The fourth-order valence-corrected chi connectivity index (χ4v) is 1.55. The Labute approximate surface area is 104 Å². The smallest absolute Gasteiger partial charge is 0.237 e. The summed E-state index contributed by atoms with van der Waals surface area (Å²) in [6.45, 7) is 2.32. The maximum Gasteiger partial charge on any atom is 0.237 e. The van der Waals surface area contributed by atoms with Crippen molar-refractivity contribution >= 4 is 17.3 Å². The van der Waals surface area contributed by atoms with Crippen LogP contribution < -0.4 is 10.5 Å². The first-order chi connectivity index (χ1) is 8.16. The molecule has 0 aromatic carbocycles. The number of hydrogen-bond donors (Lipinski definition) is 1. The number of hydrogen-bond acceptors (Lipinski definition) is 4. The third-order valence-electron chi connectivity index (χ3n) is 2.33. The Morgan fingerprint density at radius 2 is 2.24 bits per heavy atom. The second-order valence-electron chi connectivity index (χ2n) is 3.58. The average Bonchev–Trinajstić information content (AvgIpc) is 2.30. The van der Waals surface area contributed by atoms with Crippen LogP contribution in [0.4, 0.5) is 5.69 Å². The van der Waals surface area contributed by atoms with Gasteiger partial charge in [0.15, 0.2) is 0 Å². The van der Waals surface area contributed by atoms with Gasteiger partial charge in [0.05, 0.1) is 10.7 Å². The van der Waals surface area contributed by atoms with Crippen LogP contribution in [0.5, 0.6) is 5.88 Å². The van der Waals surface area contributed by atoms with Gasteiger partial charge in [0.25, 0.3) is 0 Å². The van der Waals surface area contributed by atoms with Crippen molar-refractivity contribution in [1.82, 2.24) is 9.97 Å². The van der Waals surface area contributed by atoms with Gasteiger partial charge in [-0.3, -0.25) is 4.98 Å². The molecule has 0 amide bonds. The highest BCUT2D eigenvalue weighted by atomic mass is 35.5. The Morgan fingerprint density at radius 1 is 1.41 bits per heavy atom. The molecule has 0 atom stereocenters. The monoisotopic (exact) mass is 249 g/mol. The lowest BCUT2D eigenvalue weighted by atomic mass is 10.2. The summed E-state index contributed by atoms with van der Waals surface area (Å²) in [5.41, 5.74) is 8.10. The minimum atomic E-state index is 0.387. The summed E-state index contributed by atoms with van der Waals surface area (Å²) in [7, 11) is 0. The standard InChI is InChI=1S/C12H12ClN3O/c1-8-9(3-2-4-15-8)7-17-12-11(14)5-10(13)6-16-12/h2-6H,7,14H2,1H3. The molecule has 0 aliphatic carbocycles. The highest BCUT2D eigenvalue weighted by Crippen LogP contribution is 2.22. The van der Waals surface area contributed by atoms with Crippen molar-refractivity contribution in [3.8, 4) is 5.88 Å². The fourth-order valence-electron chi connectivity index (χ4n) is 1.38. The lowest BCUT2D eigenvalue weighted by molar-refractivity contribution is 0.294. The van der Waals surface area contributed by atoms with E-state index in [9.17, 15) is 0 Å². The van der Waals surface area contributed by atoms with Gasteiger partial charge in [0.1, 0.15) is 6.61 Å². The van der Waals surface area contributed by atoms with Gasteiger partial charge < -0.3 is 10.5 Å². The molecule has 4 nitrogen and oxygen atoms in total. The van der Waals surface area contributed by atoms with Crippen molar-refractivity contribution in [2.45, 2.75) is 13.5 Å². The van der Waals surface area contributed by atoms with E-state index in [2.05, 4.69) is 9.97 Å². The molecule has 5 heteroatoms. The van der Waals surface area contributed by atoms with E-state index >= 15 is 0 Å². The molecule has 17 heavy (non-hydrogen) atoms. The van der Waals surface area contributed by atoms with Crippen LogP contribution in [0.15, 0.2) is 30.6 Å². The average molecular weight is 250 g/mol. The van der Waals surface area contributed by atoms with E-state index in [-0.39, 0.29) is 0 Å². The van der Waals surface area contributed by atoms with E-state index in [4.69, 9.17) is 22.1 Å². The molecule has 0 spiro atoms. The van der Waals surface area contributed by atoms with Gasteiger partial charge in [-0.05, 0) is 19.1 Å². The summed E-state index contributed by atoms with van der Waals surface area (Å²) >= 11 is 5.75. The van der Waals surface area contributed by atoms with Crippen molar-refractivity contribution in [2.24, 2.45) is 0 Å². The molecule has 0 fully saturated rings. The first-order valence-electron chi connectivity index (χ1n) is 5.11. The zero-order chi connectivity index (χ0) is 12.3. The third-order valence-corrected chi connectivity index (χ3v) is 2.53. The highest BCUT2D eigenvalue weighted by molar-refractivity contribution is 6.30. The lowest BCUT2D eigenvalue weighted by Crippen LogP contribution is -2.02. The van der Waals surface area contributed by atoms with Crippen LogP contribution in [-0.2, 0) is 6.61 Å². The van der Waals surface area contributed by atoms with Crippen molar-refractivity contribution in [3.63, 3.8) is 0 Å². The minimum absolute atomic E-state index is 0.387. The third kappa shape index (κ3) is 2.85. The van der Waals surface area contributed by atoms with Crippen molar-refractivity contribution in [1.29, 1.82) is 0 Å². The number of nitrogen functional groups attached to an aromatic ring is 1. The summed E-state index contributed by atoms with van der Waals surface area (Å²) in [6.07, 6.45) is 3.25. The quantitative estimate of drug-likeness (QED) is 0.908. The normalized spacial score (nSPS) is 10.2. The molecular formula is C12H12ClN3O. The molecule has 0 unspecified atom stereocenters. The van der Waals surface area contributed by atoms with E-state index in [1.165, 1.54) is 6.20 Å². The molecular weight excluding hydrogens is 238 g/mol. The summed E-state index contributed by atoms with van der Waals surface area (Å²) < 4.78 is 5.52. The predicted octanol–water partition coefficient (Wildman–Crippen LogP) is 2.60. The first-order valence-corrected chi connectivity index (χ1v) is 5.49. The zero-order valence-corrected chi connectivity index (χ0v) is 10.1. The molecule has 0 radical (unpaired) electrons. The van der Waals surface area contributed by atoms with E-state index in [1.807, 2.05) is 19.1 Å². The van der Waals surface area contributed by atoms with Crippen molar-refractivity contribution in [2.75, 3.05) is 5.73 Å². The summed E-state index contributed by atoms with van der Waals surface area (Å²) in [5.74, 6) is 0.387. The number of pyridine rings is 2. The Bertz CT molecular complexity index is 531. The van der Waals surface area contributed by atoms with Gasteiger partial charge in [-0.1, -0.05) is 17.7 Å². The van der Waals surface area contributed by atoms with E-state index in [1.54, 1.807) is 12.3 Å². The molecule has 2 N–H and O–H groups in total. The van der Waals surface area contributed by atoms with Crippen LogP contribution >= 0.6 is 11.6 Å². The SMILES string of the molecule is Cc1ncccc1COc1ncc(Cl)cc1N. The van der Waals surface area contributed by atoms with E-state index in [0.29, 0.717) is 23.2 Å². The molecule has 88 valence electrons. The van der Waals surface area contributed by atoms with Crippen LogP contribution in [-0.4, -0.2) is 9.97 Å². The van der Waals surface area contributed by atoms with Gasteiger partial charge in [-0.2, -0.15) is 0 Å². The molecule has 2 aromatic rings. The van der Waals surface area contributed by atoms with Gasteiger partial charge in [-0.25, -0.2) is 4.98 Å². The Hall–Kier alpha value is -1.81. The molecule has 0 aliphatic rings. The predicted molar refractivity (Wildman–Crippen MR) is 67.0 cm³/mol. The molecule has 0 saturated heterocycles. The lowest BCUT2D eigenvalue weighted by Gasteiger charge is -2.09. The van der Waals surface area contributed by atoms with Crippen LogP contribution in [0.25, 0.3) is 0 Å². The van der Waals surface area contributed by atoms with Gasteiger partial charge >= 0.3 is 0 Å². The number of aromatic nitrogens is 2. The van der Waals surface area contributed by atoms with Crippen LogP contribution in [0.2, 0.25) is 5.02 Å². The molecule has 2 aromatic heterocycles. The second-order valence-corrected chi connectivity index (χ2v) is 4.02. The van der Waals surface area contributed by atoms with Gasteiger partial charge in [-0.15, -0.1) is 0 Å². The van der Waals surface area contributed by atoms with E-state index in [0.717, 1.165) is 11.3 Å². The Kier molecular flexibility index (Phi) is 3.44. The zero-order valence-electron chi connectivity index (χ0n) is 9.35. The molecule has 0 aliphatic heterocycles.